The maximum absolute atomic E-state index is 12.1. The Kier molecular flexibility index (Phi) is 4.93. The molecule has 1 amide bonds. The molecule has 3 rings (SSSR count). The van der Waals surface area contributed by atoms with Crippen LogP contribution >= 0.6 is 12.2 Å². The van der Waals surface area contributed by atoms with E-state index in [0.29, 0.717) is 35.8 Å². The SMILES string of the molecule is COC1CCC(CC(=O)NCc2n[nH]c(=S)n2C2CC2)CC1. The number of aromatic amines is 1. The lowest BCUT2D eigenvalue weighted by Crippen LogP contribution is -2.29. The molecule has 0 unspecified atom stereocenters. The Balaban J connectivity index is 1.46. The van der Waals surface area contributed by atoms with Gasteiger partial charge in [-0.05, 0) is 56.7 Å². The molecule has 1 aromatic heterocycles. The van der Waals surface area contributed by atoms with Gasteiger partial charge in [0.15, 0.2) is 10.6 Å². The van der Waals surface area contributed by atoms with Crippen LogP contribution in [0.2, 0.25) is 0 Å². The van der Waals surface area contributed by atoms with E-state index in [1.807, 2.05) is 4.57 Å². The average molecular weight is 324 g/mol. The van der Waals surface area contributed by atoms with Crippen molar-refractivity contribution in [2.24, 2.45) is 5.92 Å². The molecule has 0 saturated heterocycles. The van der Waals surface area contributed by atoms with Gasteiger partial charge in [-0.2, -0.15) is 5.10 Å². The van der Waals surface area contributed by atoms with Crippen molar-refractivity contribution in [3.8, 4) is 0 Å². The van der Waals surface area contributed by atoms with Gasteiger partial charge in [0.05, 0.1) is 12.6 Å². The molecule has 122 valence electrons. The van der Waals surface area contributed by atoms with Crippen molar-refractivity contribution in [3.05, 3.63) is 10.6 Å². The monoisotopic (exact) mass is 324 g/mol. The number of carbonyl (C=O) groups excluding carboxylic acids is 1. The predicted molar refractivity (Wildman–Crippen MR) is 84.9 cm³/mol. The van der Waals surface area contributed by atoms with E-state index in [1.165, 1.54) is 0 Å². The van der Waals surface area contributed by atoms with Gasteiger partial charge in [-0.1, -0.05) is 0 Å². The quantitative estimate of drug-likeness (QED) is 0.789. The van der Waals surface area contributed by atoms with Crippen LogP contribution in [0.4, 0.5) is 0 Å². The number of hydrogen-bond acceptors (Lipinski definition) is 4. The molecule has 1 heterocycles. The Labute approximate surface area is 135 Å². The van der Waals surface area contributed by atoms with Crippen LogP contribution in [0.3, 0.4) is 0 Å². The van der Waals surface area contributed by atoms with Crippen molar-refractivity contribution >= 4 is 18.1 Å². The molecule has 2 N–H and O–H groups in total. The van der Waals surface area contributed by atoms with Crippen LogP contribution in [0.1, 0.15) is 56.8 Å². The standard InChI is InChI=1S/C15H24N4O2S/c1-21-12-6-2-10(3-7-12)8-14(20)16-9-13-17-18-15(22)19(13)11-4-5-11/h10-12H,2-9H2,1H3,(H,16,20)(H,18,22). The molecule has 0 aromatic carbocycles. The zero-order valence-corrected chi connectivity index (χ0v) is 13.8. The smallest absolute Gasteiger partial charge is 0.220 e. The van der Waals surface area contributed by atoms with Gasteiger partial charge in [0.2, 0.25) is 5.91 Å². The second-order valence-electron chi connectivity index (χ2n) is 6.41. The Morgan fingerprint density at radius 1 is 1.36 bits per heavy atom. The van der Waals surface area contributed by atoms with Crippen LogP contribution in [0, 0.1) is 10.7 Å². The molecule has 1 aromatic rings. The summed E-state index contributed by atoms with van der Waals surface area (Å²) < 4.78 is 8.07. The summed E-state index contributed by atoms with van der Waals surface area (Å²) >= 11 is 5.24. The Morgan fingerprint density at radius 2 is 2.09 bits per heavy atom. The molecule has 0 radical (unpaired) electrons. The summed E-state index contributed by atoms with van der Waals surface area (Å²) in [6.07, 6.45) is 7.56. The van der Waals surface area contributed by atoms with Crippen LogP contribution in [0.5, 0.6) is 0 Å². The third-order valence-corrected chi connectivity index (χ3v) is 5.02. The van der Waals surface area contributed by atoms with Crippen molar-refractivity contribution in [2.75, 3.05) is 7.11 Å². The number of nitrogens with zero attached hydrogens (tertiary/aromatic N) is 2. The molecule has 2 fully saturated rings. The summed E-state index contributed by atoms with van der Waals surface area (Å²) in [5.74, 6) is 1.43. The summed E-state index contributed by atoms with van der Waals surface area (Å²) in [6, 6.07) is 0.475. The molecule has 2 aliphatic carbocycles. The van der Waals surface area contributed by atoms with E-state index in [4.69, 9.17) is 17.0 Å². The van der Waals surface area contributed by atoms with Gasteiger partial charge in [0, 0.05) is 19.6 Å². The molecule has 2 saturated carbocycles. The van der Waals surface area contributed by atoms with E-state index in [0.717, 1.165) is 44.3 Å². The van der Waals surface area contributed by atoms with Crippen molar-refractivity contribution in [1.82, 2.24) is 20.1 Å². The number of nitrogens with one attached hydrogen (secondary N) is 2. The van der Waals surface area contributed by atoms with Crippen molar-refractivity contribution < 1.29 is 9.53 Å². The van der Waals surface area contributed by atoms with E-state index in [2.05, 4.69) is 15.5 Å². The van der Waals surface area contributed by atoms with Crippen LogP contribution in [0.15, 0.2) is 0 Å². The molecular formula is C15H24N4O2S. The summed E-state index contributed by atoms with van der Waals surface area (Å²) in [7, 11) is 1.77. The number of aromatic nitrogens is 3. The maximum atomic E-state index is 12.1. The first-order chi connectivity index (χ1) is 10.7. The summed E-state index contributed by atoms with van der Waals surface area (Å²) in [5, 5.41) is 10.0. The molecule has 0 bridgehead atoms. The minimum atomic E-state index is 0.108. The van der Waals surface area contributed by atoms with Gasteiger partial charge in [-0.3, -0.25) is 14.5 Å². The van der Waals surface area contributed by atoms with E-state index in [-0.39, 0.29) is 5.91 Å². The fraction of sp³-hybridized carbons (Fsp3) is 0.800. The highest BCUT2D eigenvalue weighted by molar-refractivity contribution is 7.71. The fourth-order valence-electron chi connectivity index (χ4n) is 3.25. The Morgan fingerprint density at radius 3 is 2.73 bits per heavy atom. The zero-order valence-electron chi connectivity index (χ0n) is 13.0. The summed E-state index contributed by atoms with van der Waals surface area (Å²) in [5.41, 5.74) is 0. The normalized spacial score (nSPS) is 25.1. The number of rotatable bonds is 6. The van der Waals surface area contributed by atoms with Crippen LogP contribution in [0.25, 0.3) is 0 Å². The third-order valence-electron chi connectivity index (χ3n) is 4.73. The van der Waals surface area contributed by atoms with Gasteiger partial charge in [0.25, 0.3) is 0 Å². The molecule has 0 aliphatic heterocycles. The van der Waals surface area contributed by atoms with Gasteiger partial charge < -0.3 is 10.1 Å². The molecule has 22 heavy (non-hydrogen) atoms. The number of carbonyl (C=O) groups is 1. The van der Waals surface area contributed by atoms with E-state index < -0.39 is 0 Å². The Bertz CT molecular complexity index is 570. The molecule has 0 atom stereocenters. The minimum Gasteiger partial charge on any atom is -0.381 e. The number of H-pyrrole nitrogens is 1. The van der Waals surface area contributed by atoms with E-state index in [9.17, 15) is 4.79 Å². The Hall–Kier alpha value is -1.21. The molecule has 0 spiro atoms. The van der Waals surface area contributed by atoms with Crippen molar-refractivity contribution in [3.63, 3.8) is 0 Å². The zero-order chi connectivity index (χ0) is 15.5. The highest BCUT2D eigenvalue weighted by atomic mass is 32.1. The van der Waals surface area contributed by atoms with Gasteiger partial charge in [-0.25, -0.2) is 0 Å². The number of methoxy groups -OCH3 is 1. The molecular weight excluding hydrogens is 300 g/mol. The van der Waals surface area contributed by atoms with Crippen LogP contribution < -0.4 is 5.32 Å². The second-order valence-corrected chi connectivity index (χ2v) is 6.79. The lowest BCUT2D eigenvalue weighted by atomic mass is 9.85. The molecule has 6 nitrogen and oxygen atoms in total. The van der Waals surface area contributed by atoms with Gasteiger partial charge >= 0.3 is 0 Å². The van der Waals surface area contributed by atoms with E-state index in [1.54, 1.807) is 7.11 Å². The number of hydrogen-bond donors (Lipinski definition) is 2. The second kappa shape index (κ2) is 6.91. The summed E-state index contributed by atoms with van der Waals surface area (Å²) in [4.78, 5) is 12.1. The van der Waals surface area contributed by atoms with Crippen molar-refractivity contribution in [1.29, 1.82) is 0 Å². The van der Waals surface area contributed by atoms with E-state index >= 15 is 0 Å². The van der Waals surface area contributed by atoms with Gasteiger partial charge in [0.1, 0.15) is 0 Å². The average Bonchev–Trinajstić information content (AvgIpc) is 3.29. The lowest BCUT2D eigenvalue weighted by molar-refractivity contribution is -0.122. The lowest BCUT2D eigenvalue weighted by Gasteiger charge is -2.27. The maximum Gasteiger partial charge on any atom is 0.220 e. The van der Waals surface area contributed by atoms with Gasteiger partial charge in [-0.15, -0.1) is 0 Å². The fourth-order valence-corrected chi connectivity index (χ4v) is 3.56. The largest absolute Gasteiger partial charge is 0.381 e. The van der Waals surface area contributed by atoms with Crippen LogP contribution in [-0.2, 0) is 16.1 Å². The highest BCUT2D eigenvalue weighted by Gasteiger charge is 2.27. The first-order valence-electron chi connectivity index (χ1n) is 8.12. The molecule has 7 heteroatoms. The number of amides is 1. The van der Waals surface area contributed by atoms with Crippen molar-refractivity contribution in [2.45, 2.75) is 63.6 Å². The number of ether oxygens (including phenoxy) is 1. The predicted octanol–water partition coefficient (Wildman–Crippen LogP) is 2.49. The minimum absolute atomic E-state index is 0.108. The molecule has 2 aliphatic rings. The first kappa shape index (κ1) is 15.7. The highest BCUT2D eigenvalue weighted by Crippen LogP contribution is 2.35. The third kappa shape index (κ3) is 3.76. The first-order valence-corrected chi connectivity index (χ1v) is 8.53. The topological polar surface area (TPSA) is 71.9 Å². The van der Waals surface area contributed by atoms with Crippen LogP contribution in [-0.4, -0.2) is 33.9 Å². The summed E-state index contributed by atoms with van der Waals surface area (Å²) in [6.45, 7) is 0.454.